The van der Waals surface area contributed by atoms with Crippen LogP contribution in [0.1, 0.15) is 13.3 Å². The number of hydrogen-bond donors (Lipinski definition) is 2. The molecule has 2 amide bonds. The molecule has 1 aromatic rings. The van der Waals surface area contributed by atoms with Crippen LogP contribution in [-0.2, 0) is 19.6 Å². The smallest absolute Gasteiger partial charge is 0.246 e. The Morgan fingerprint density at radius 2 is 1.91 bits per heavy atom. The molecule has 0 aliphatic heterocycles. The minimum atomic E-state index is -3.71. The highest BCUT2D eigenvalue weighted by Gasteiger charge is 2.22. The second-order valence-electron chi connectivity index (χ2n) is 4.93. The standard InChI is InChI=1S/C14H21N3O5S/c1-10(18)15-8-7-14(19)16-11-5-6-12(22-4)13(9-11)23(20,21)17(2)3/h5-6,9H,7-8H2,1-4H3,(H,15,18)(H,16,19). The molecule has 8 nitrogen and oxygen atoms in total. The Kier molecular flexibility index (Phi) is 6.52. The maximum absolute atomic E-state index is 12.3. The molecule has 0 aliphatic rings. The number of carbonyl (C=O) groups excluding carboxylic acids is 2. The number of ether oxygens (including phenoxy) is 1. The number of nitrogens with zero attached hydrogens (tertiary/aromatic N) is 1. The first-order chi connectivity index (χ1) is 10.7. The molecule has 0 atom stereocenters. The first-order valence-electron chi connectivity index (χ1n) is 6.83. The molecule has 0 radical (unpaired) electrons. The van der Waals surface area contributed by atoms with Crippen molar-refractivity contribution in [3.63, 3.8) is 0 Å². The third-order valence-electron chi connectivity index (χ3n) is 2.93. The number of nitrogens with one attached hydrogen (secondary N) is 2. The Labute approximate surface area is 135 Å². The summed E-state index contributed by atoms with van der Waals surface area (Å²) in [5.41, 5.74) is 0.332. The van der Waals surface area contributed by atoms with Gasteiger partial charge in [-0.15, -0.1) is 0 Å². The summed E-state index contributed by atoms with van der Waals surface area (Å²) in [6, 6.07) is 4.36. The summed E-state index contributed by atoms with van der Waals surface area (Å²) in [6.45, 7) is 1.57. The van der Waals surface area contributed by atoms with E-state index in [4.69, 9.17) is 4.74 Å². The van der Waals surface area contributed by atoms with Crippen molar-refractivity contribution in [3.8, 4) is 5.75 Å². The zero-order chi connectivity index (χ0) is 17.6. The first kappa shape index (κ1) is 18.9. The molecule has 9 heteroatoms. The van der Waals surface area contributed by atoms with Crippen LogP contribution in [-0.4, -0.2) is 52.3 Å². The lowest BCUT2D eigenvalue weighted by atomic mass is 10.3. The van der Waals surface area contributed by atoms with Crippen molar-refractivity contribution >= 4 is 27.5 Å². The summed E-state index contributed by atoms with van der Waals surface area (Å²) in [4.78, 5) is 22.5. The fraction of sp³-hybridized carbons (Fsp3) is 0.429. The zero-order valence-electron chi connectivity index (χ0n) is 13.5. The van der Waals surface area contributed by atoms with Crippen LogP contribution in [0.15, 0.2) is 23.1 Å². The van der Waals surface area contributed by atoms with Gasteiger partial charge in [-0.3, -0.25) is 9.59 Å². The first-order valence-corrected chi connectivity index (χ1v) is 8.27. The maximum Gasteiger partial charge on any atom is 0.246 e. The summed E-state index contributed by atoms with van der Waals surface area (Å²) in [6.07, 6.45) is 0.0847. The van der Waals surface area contributed by atoms with Crippen LogP contribution >= 0.6 is 0 Å². The summed E-state index contributed by atoms with van der Waals surface area (Å²) in [5.74, 6) is -0.367. The predicted octanol–water partition coefficient (Wildman–Crippen LogP) is 0.410. The van der Waals surface area contributed by atoms with E-state index in [9.17, 15) is 18.0 Å². The molecule has 0 saturated carbocycles. The fourth-order valence-electron chi connectivity index (χ4n) is 1.73. The lowest BCUT2D eigenvalue weighted by molar-refractivity contribution is -0.119. The quantitative estimate of drug-likeness (QED) is 0.746. The van der Waals surface area contributed by atoms with E-state index in [0.29, 0.717) is 5.69 Å². The largest absolute Gasteiger partial charge is 0.495 e. The number of hydrogen-bond acceptors (Lipinski definition) is 5. The minimum absolute atomic E-state index is 0.0374. The summed E-state index contributed by atoms with van der Waals surface area (Å²) in [7, 11) is 0.485. The average molecular weight is 343 g/mol. The minimum Gasteiger partial charge on any atom is -0.495 e. The van der Waals surface area contributed by atoms with Gasteiger partial charge in [0.05, 0.1) is 7.11 Å². The molecule has 0 aliphatic carbocycles. The SMILES string of the molecule is COc1ccc(NC(=O)CCNC(C)=O)cc1S(=O)(=O)N(C)C. The molecule has 0 saturated heterocycles. The molecule has 23 heavy (non-hydrogen) atoms. The van der Waals surface area contributed by atoms with Gasteiger partial charge in [-0.2, -0.15) is 0 Å². The molecule has 0 unspecified atom stereocenters. The molecule has 1 aromatic carbocycles. The lowest BCUT2D eigenvalue weighted by Crippen LogP contribution is -2.25. The van der Waals surface area contributed by atoms with E-state index in [0.717, 1.165) is 4.31 Å². The van der Waals surface area contributed by atoms with Gasteiger partial charge in [0.15, 0.2) is 0 Å². The number of rotatable bonds is 7. The van der Waals surface area contributed by atoms with E-state index >= 15 is 0 Å². The normalized spacial score (nSPS) is 11.2. The summed E-state index contributed by atoms with van der Waals surface area (Å²) >= 11 is 0. The van der Waals surface area contributed by atoms with E-state index in [2.05, 4.69) is 10.6 Å². The Morgan fingerprint density at radius 1 is 1.26 bits per heavy atom. The van der Waals surface area contributed by atoms with E-state index in [1.54, 1.807) is 6.07 Å². The predicted molar refractivity (Wildman–Crippen MR) is 85.8 cm³/mol. The number of carbonyl (C=O) groups is 2. The molecular formula is C14H21N3O5S. The van der Waals surface area contributed by atoms with Crippen molar-refractivity contribution in [1.29, 1.82) is 0 Å². The Morgan fingerprint density at radius 3 is 2.43 bits per heavy atom. The third kappa shape index (κ3) is 5.22. The van der Waals surface area contributed by atoms with Crippen LogP contribution in [0.3, 0.4) is 0 Å². The van der Waals surface area contributed by atoms with Crippen molar-refractivity contribution in [2.75, 3.05) is 33.1 Å². The second-order valence-corrected chi connectivity index (χ2v) is 7.05. The zero-order valence-corrected chi connectivity index (χ0v) is 14.4. The van der Waals surface area contributed by atoms with Crippen molar-refractivity contribution < 1.29 is 22.7 Å². The molecule has 0 aromatic heterocycles. The van der Waals surface area contributed by atoms with Gasteiger partial charge in [-0.05, 0) is 18.2 Å². The number of methoxy groups -OCH3 is 1. The summed E-state index contributed by atoms with van der Waals surface area (Å²) < 4.78 is 30.7. The van der Waals surface area contributed by atoms with Crippen molar-refractivity contribution in [1.82, 2.24) is 9.62 Å². The number of anilines is 1. The van der Waals surface area contributed by atoms with Crippen LogP contribution in [0.25, 0.3) is 0 Å². The van der Waals surface area contributed by atoms with Gasteiger partial charge in [0.1, 0.15) is 10.6 Å². The van der Waals surface area contributed by atoms with E-state index in [1.165, 1.54) is 40.3 Å². The van der Waals surface area contributed by atoms with E-state index in [-0.39, 0.29) is 35.4 Å². The Bertz CT molecular complexity index is 686. The molecule has 0 fully saturated rings. The van der Waals surface area contributed by atoms with Crippen LogP contribution in [0.2, 0.25) is 0 Å². The molecular weight excluding hydrogens is 322 g/mol. The molecule has 2 N–H and O–H groups in total. The number of sulfonamides is 1. The fourth-order valence-corrected chi connectivity index (χ4v) is 2.80. The van der Waals surface area contributed by atoms with Crippen molar-refractivity contribution in [2.45, 2.75) is 18.2 Å². The van der Waals surface area contributed by atoms with E-state index in [1.807, 2.05) is 0 Å². The molecule has 0 spiro atoms. The Hall–Kier alpha value is -2.13. The van der Waals surface area contributed by atoms with Gasteiger partial charge in [0.25, 0.3) is 0 Å². The van der Waals surface area contributed by atoms with Crippen LogP contribution in [0.4, 0.5) is 5.69 Å². The van der Waals surface area contributed by atoms with Gasteiger partial charge in [0, 0.05) is 39.7 Å². The van der Waals surface area contributed by atoms with Crippen molar-refractivity contribution in [2.24, 2.45) is 0 Å². The van der Waals surface area contributed by atoms with Gasteiger partial charge >= 0.3 is 0 Å². The van der Waals surface area contributed by atoms with Crippen LogP contribution in [0.5, 0.6) is 5.75 Å². The highest BCUT2D eigenvalue weighted by Crippen LogP contribution is 2.28. The van der Waals surface area contributed by atoms with Gasteiger partial charge in [0.2, 0.25) is 21.8 Å². The van der Waals surface area contributed by atoms with Crippen LogP contribution in [0, 0.1) is 0 Å². The molecule has 0 bridgehead atoms. The topological polar surface area (TPSA) is 105 Å². The second kappa shape index (κ2) is 7.93. The van der Waals surface area contributed by atoms with Gasteiger partial charge in [-0.25, -0.2) is 12.7 Å². The monoisotopic (exact) mass is 343 g/mol. The van der Waals surface area contributed by atoms with E-state index < -0.39 is 10.0 Å². The average Bonchev–Trinajstić information content (AvgIpc) is 2.46. The summed E-state index contributed by atoms with van der Waals surface area (Å²) in [5, 5.41) is 5.10. The van der Waals surface area contributed by atoms with Crippen LogP contribution < -0.4 is 15.4 Å². The van der Waals surface area contributed by atoms with Gasteiger partial charge < -0.3 is 15.4 Å². The number of amides is 2. The number of benzene rings is 1. The molecule has 1 rings (SSSR count). The van der Waals surface area contributed by atoms with Gasteiger partial charge in [-0.1, -0.05) is 0 Å². The highest BCUT2D eigenvalue weighted by atomic mass is 32.2. The van der Waals surface area contributed by atoms with Crippen molar-refractivity contribution in [3.05, 3.63) is 18.2 Å². The Balaban J connectivity index is 2.94. The highest BCUT2D eigenvalue weighted by molar-refractivity contribution is 7.89. The maximum atomic E-state index is 12.3. The molecule has 128 valence electrons. The third-order valence-corrected chi connectivity index (χ3v) is 4.77. The molecule has 0 heterocycles. The lowest BCUT2D eigenvalue weighted by Gasteiger charge is -2.16.